The van der Waals surface area contributed by atoms with Crippen molar-refractivity contribution in [1.82, 2.24) is 4.98 Å². The monoisotopic (exact) mass is 340 g/mol. The van der Waals surface area contributed by atoms with Crippen LogP contribution in [0, 0.1) is 0 Å². The van der Waals surface area contributed by atoms with E-state index in [0.717, 1.165) is 16.2 Å². The maximum absolute atomic E-state index is 12.9. The van der Waals surface area contributed by atoms with Crippen LogP contribution in [0.25, 0.3) is 21.7 Å². The minimum Gasteiger partial charge on any atom is -0.322 e. The molecule has 0 aliphatic carbocycles. The molecule has 4 rings (SSSR count). The first-order chi connectivity index (χ1) is 12.6. The van der Waals surface area contributed by atoms with Crippen LogP contribution in [-0.2, 0) is 0 Å². The van der Waals surface area contributed by atoms with Crippen molar-refractivity contribution in [2.24, 2.45) is 0 Å². The molecule has 0 radical (unpaired) electrons. The summed E-state index contributed by atoms with van der Waals surface area (Å²) in [7, 11) is 0. The molecule has 1 aromatic heterocycles. The Morgan fingerprint density at radius 2 is 1.69 bits per heavy atom. The van der Waals surface area contributed by atoms with Crippen molar-refractivity contribution in [2.75, 3.05) is 5.32 Å². The third-order valence-corrected chi connectivity index (χ3v) is 4.39. The molecule has 4 aromatic rings. The molecular weight excluding hydrogens is 324 g/mol. The van der Waals surface area contributed by atoms with Gasteiger partial charge in [-0.1, -0.05) is 42.5 Å². The van der Waals surface area contributed by atoms with Gasteiger partial charge in [0.1, 0.15) is 0 Å². The number of carbonyl (C=O) groups excluding carboxylic acids is 2. The van der Waals surface area contributed by atoms with Crippen LogP contribution in [-0.4, -0.2) is 16.7 Å². The Balaban J connectivity index is 1.81. The molecule has 26 heavy (non-hydrogen) atoms. The number of nitrogens with zero attached hydrogens (tertiary/aromatic N) is 1. The first kappa shape index (κ1) is 16.0. The minimum atomic E-state index is -0.250. The van der Waals surface area contributed by atoms with Crippen LogP contribution in [0.3, 0.4) is 0 Å². The number of hydrogen-bond acceptors (Lipinski definition) is 3. The molecule has 0 aliphatic rings. The number of fused-ring (bicyclic) bond motifs is 3. The second-order valence-corrected chi connectivity index (χ2v) is 6.14. The first-order valence-corrected chi connectivity index (χ1v) is 8.32. The fourth-order valence-corrected chi connectivity index (χ4v) is 3.12. The fourth-order valence-electron chi connectivity index (χ4n) is 3.12. The van der Waals surface area contributed by atoms with E-state index in [1.54, 1.807) is 30.5 Å². The predicted molar refractivity (Wildman–Crippen MR) is 104 cm³/mol. The quantitative estimate of drug-likeness (QED) is 0.429. The second-order valence-electron chi connectivity index (χ2n) is 6.14. The zero-order valence-corrected chi connectivity index (χ0v) is 14.2. The van der Waals surface area contributed by atoms with E-state index in [-0.39, 0.29) is 11.7 Å². The van der Waals surface area contributed by atoms with Crippen LogP contribution >= 0.6 is 0 Å². The van der Waals surface area contributed by atoms with E-state index in [4.69, 9.17) is 0 Å². The van der Waals surface area contributed by atoms with E-state index in [1.165, 1.54) is 6.92 Å². The van der Waals surface area contributed by atoms with Crippen LogP contribution in [0.2, 0.25) is 0 Å². The molecule has 0 atom stereocenters. The van der Waals surface area contributed by atoms with Crippen LogP contribution in [0.5, 0.6) is 0 Å². The predicted octanol–water partition coefficient (Wildman–Crippen LogP) is 4.84. The molecule has 126 valence electrons. The van der Waals surface area contributed by atoms with Crippen molar-refractivity contribution in [3.05, 3.63) is 84.1 Å². The number of nitrogens with one attached hydrogen (secondary N) is 1. The van der Waals surface area contributed by atoms with E-state index >= 15 is 0 Å². The molecule has 0 bridgehead atoms. The molecule has 3 aromatic carbocycles. The molecule has 0 aliphatic heterocycles. The van der Waals surface area contributed by atoms with Crippen molar-refractivity contribution in [2.45, 2.75) is 6.92 Å². The Morgan fingerprint density at radius 1 is 0.885 bits per heavy atom. The van der Waals surface area contributed by atoms with Gasteiger partial charge in [-0.25, -0.2) is 0 Å². The number of Topliss-reactive ketones (excluding diaryl/α,β-unsaturated/α-hetero) is 1. The van der Waals surface area contributed by atoms with E-state index in [2.05, 4.69) is 10.3 Å². The summed E-state index contributed by atoms with van der Waals surface area (Å²) < 4.78 is 0. The lowest BCUT2D eigenvalue weighted by molar-refractivity contribution is 0.101. The number of benzene rings is 3. The molecule has 1 amide bonds. The molecule has 0 spiro atoms. The van der Waals surface area contributed by atoms with Gasteiger partial charge < -0.3 is 5.32 Å². The van der Waals surface area contributed by atoms with Crippen LogP contribution in [0.4, 0.5) is 5.69 Å². The second kappa shape index (κ2) is 6.41. The number of pyridine rings is 1. The van der Waals surface area contributed by atoms with Gasteiger partial charge in [-0.15, -0.1) is 0 Å². The molecule has 1 heterocycles. The lowest BCUT2D eigenvalue weighted by Gasteiger charge is -2.11. The number of rotatable bonds is 3. The van der Waals surface area contributed by atoms with Gasteiger partial charge in [0.15, 0.2) is 5.78 Å². The van der Waals surface area contributed by atoms with Crippen molar-refractivity contribution in [3.8, 4) is 0 Å². The zero-order valence-electron chi connectivity index (χ0n) is 14.2. The number of amides is 1. The number of aromatic nitrogens is 1. The Kier molecular flexibility index (Phi) is 3.93. The summed E-state index contributed by atoms with van der Waals surface area (Å²) in [4.78, 5) is 28.9. The summed E-state index contributed by atoms with van der Waals surface area (Å²) in [6.07, 6.45) is 1.68. The van der Waals surface area contributed by atoms with E-state index < -0.39 is 0 Å². The standard InChI is InChI=1S/C22H16N2O2/c1-14(25)15-7-4-8-17(12-15)24-22(26)20-13-16-6-2-3-9-18(16)19-10-5-11-23-21(19)20/h2-13H,1H3,(H,24,26). The first-order valence-electron chi connectivity index (χ1n) is 8.32. The van der Waals surface area contributed by atoms with Crippen LogP contribution in [0.15, 0.2) is 72.9 Å². The highest BCUT2D eigenvalue weighted by Crippen LogP contribution is 2.28. The summed E-state index contributed by atoms with van der Waals surface area (Å²) in [5.74, 6) is -0.293. The Labute approximate surface area is 150 Å². The van der Waals surface area contributed by atoms with Gasteiger partial charge in [0, 0.05) is 22.8 Å². The van der Waals surface area contributed by atoms with E-state index in [9.17, 15) is 9.59 Å². The van der Waals surface area contributed by atoms with Crippen molar-refractivity contribution in [3.63, 3.8) is 0 Å². The molecule has 0 fully saturated rings. The Hall–Kier alpha value is -3.53. The molecule has 4 nitrogen and oxygen atoms in total. The van der Waals surface area contributed by atoms with Crippen molar-refractivity contribution >= 4 is 39.1 Å². The summed E-state index contributed by atoms with van der Waals surface area (Å²) >= 11 is 0. The largest absolute Gasteiger partial charge is 0.322 e. The summed E-state index contributed by atoms with van der Waals surface area (Å²) in [6, 6.07) is 20.5. The van der Waals surface area contributed by atoms with Gasteiger partial charge in [0.05, 0.1) is 11.1 Å². The van der Waals surface area contributed by atoms with Crippen LogP contribution < -0.4 is 5.32 Å². The lowest BCUT2D eigenvalue weighted by atomic mass is 10.0. The smallest absolute Gasteiger partial charge is 0.257 e. The fraction of sp³-hybridized carbons (Fsp3) is 0.0455. The summed E-state index contributed by atoms with van der Waals surface area (Å²) in [6.45, 7) is 1.50. The summed E-state index contributed by atoms with van der Waals surface area (Å²) in [5, 5.41) is 5.86. The molecular formula is C22H16N2O2. The maximum atomic E-state index is 12.9. The minimum absolute atomic E-state index is 0.0427. The summed E-state index contributed by atoms with van der Waals surface area (Å²) in [5.41, 5.74) is 2.31. The molecule has 4 heteroatoms. The highest BCUT2D eigenvalue weighted by Gasteiger charge is 2.14. The van der Waals surface area contributed by atoms with E-state index in [0.29, 0.717) is 22.3 Å². The normalized spacial score (nSPS) is 10.8. The molecule has 1 N–H and O–H groups in total. The average molecular weight is 340 g/mol. The van der Waals surface area contributed by atoms with Gasteiger partial charge in [0.2, 0.25) is 0 Å². The molecule has 0 unspecified atom stereocenters. The van der Waals surface area contributed by atoms with Crippen molar-refractivity contribution in [1.29, 1.82) is 0 Å². The van der Waals surface area contributed by atoms with Gasteiger partial charge >= 0.3 is 0 Å². The highest BCUT2D eigenvalue weighted by molar-refractivity contribution is 6.18. The zero-order chi connectivity index (χ0) is 18.1. The van der Waals surface area contributed by atoms with Gasteiger partial charge in [-0.05, 0) is 42.0 Å². The topological polar surface area (TPSA) is 59.1 Å². The lowest BCUT2D eigenvalue weighted by Crippen LogP contribution is -2.13. The van der Waals surface area contributed by atoms with Gasteiger partial charge in [-0.3, -0.25) is 14.6 Å². The third kappa shape index (κ3) is 2.82. The highest BCUT2D eigenvalue weighted by atomic mass is 16.1. The Bertz CT molecular complexity index is 1170. The third-order valence-electron chi connectivity index (χ3n) is 4.39. The van der Waals surface area contributed by atoms with Gasteiger partial charge in [-0.2, -0.15) is 0 Å². The SMILES string of the molecule is CC(=O)c1cccc(NC(=O)c2cc3ccccc3c3cccnc23)c1. The number of hydrogen-bond donors (Lipinski definition) is 1. The van der Waals surface area contributed by atoms with Crippen LogP contribution in [0.1, 0.15) is 27.6 Å². The number of carbonyl (C=O) groups is 2. The Morgan fingerprint density at radius 3 is 2.54 bits per heavy atom. The van der Waals surface area contributed by atoms with E-state index in [1.807, 2.05) is 42.5 Å². The average Bonchev–Trinajstić information content (AvgIpc) is 2.67. The number of anilines is 1. The molecule has 0 saturated heterocycles. The van der Waals surface area contributed by atoms with Gasteiger partial charge in [0.25, 0.3) is 5.91 Å². The van der Waals surface area contributed by atoms with Crippen molar-refractivity contribution < 1.29 is 9.59 Å². The molecule has 0 saturated carbocycles. The number of ketones is 1. The maximum Gasteiger partial charge on any atom is 0.257 e.